The van der Waals surface area contributed by atoms with Crippen LogP contribution in [0.25, 0.3) is 0 Å². The van der Waals surface area contributed by atoms with Crippen LogP contribution in [0, 0.1) is 5.41 Å². The van der Waals surface area contributed by atoms with E-state index in [1.54, 1.807) is 0 Å². The van der Waals surface area contributed by atoms with Crippen LogP contribution in [0.15, 0.2) is 0 Å². The van der Waals surface area contributed by atoms with Gasteiger partial charge in [0.2, 0.25) is 5.91 Å². The molecule has 1 aliphatic heterocycles. The highest BCUT2D eigenvalue weighted by atomic mass is 16.2. The summed E-state index contributed by atoms with van der Waals surface area (Å²) in [7, 11) is 0. The van der Waals surface area contributed by atoms with E-state index in [9.17, 15) is 4.79 Å². The zero-order chi connectivity index (χ0) is 7.78. The predicted molar refractivity (Wildman–Crippen MR) is 40.6 cm³/mol. The summed E-state index contributed by atoms with van der Waals surface area (Å²) < 4.78 is 0. The first-order valence-electron chi connectivity index (χ1n) is 3.89. The van der Waals surface area contributed by atoms with Gasteiger partial charge in [-0.05, 0) is 19.8 Å². The number of carbonyl (C=O) groups is 1. The van der Waals surface area contributed by atoms with E-state index in [1.807, 2.05) is 6.92 Å². The van der Waals surface area contributed by atoms with Gasteiger partial charge in [-0.2, -0.15) is 0 Å². The minimum absolute atomic E-state index is 0.0839. The highest BCUT2D eigenvalue weighted by Gasteiger charge is 2.39. The number of amides is 1. The summed E-state index contributed by atoms with van der Waals surface area (Å²) in [6.07, 6.45) is 1.94. The maximum atomic E-state index is 11.2. The SMILES string of the molecule is CCC1(C)CC(C)NC1=O. The number of carbonyl (C=O) groups excluding carboxylic acids is 1. The Morgan fingerprint density at radius 2 is 2.40 bits per heavy atom. The van der Waals surface area contributed by atoms with Gasteiger partial charge in [-0.25, -0.2) is 0 Å². The van der Waals surface area contributed by atoms with Crippen molar-refractivity contribution in [2.75, 3.05) is 0 Å². The lowest BCUT2D eigenvalue weighted by Gasteiger charge is -2.16. The zero-order valence-corrected chi connectivity index (χ0v) is 6.90. The van der Waals surface area contributed by atoms with Crippen molar-refractivity contribution < 1.29 is 4.79 Å². The van der Waals surface area contributed by atoms with Crippen molar-refractivity contribution in [2.45, 2.75) is 39.7 Å². The van der Waals surface area contributed by atoms with Crippen LogP contribution in [-0.4, -0.2) is 11.9 Å². The van der Waals surface area contributed by atoms with Gasteiger partial charge in [0.05, 0.1) is 0 Å². The minimum Gasteiger partial charge on any atom is -0.353 e. The lowest BCUT2D eigenvalue weighted by molar-refractivity contribution is -0.127. The molecule has 0 aromatic carbocycles. The normalized spacial score (nSPS) is 39.9. The number of rotatable bonds is 1. The molecule has 1 amide bonds. The van der Waals surface area contributed by atoms with Gasteiger partial charge in [0.1, 0.15) is 0 Å². The quantitative estimate of drug-likeness (QED) is 0.586. The van der Waals surface area contributed by atoms with Gasteiger partial charge in [-0.15, -0.1) is 0 Å². The van der Waals surface area contributed by atoms with E-state index in [2.05, 4.69) is 19.2 Å². The van der Waals surface area contributed by atoms with Gasteiger partial charge in [0.25, 0.3) is 0 Å². The highest BCUT2D eigenvalue weighted by Crippen LogP contribution is 2.32. The second-order valence-electron chi connectivity index (χ2n) is 3.49. The molecule has 2 heteroatoms. The van der Waals surface area contributed by atoms with Gasteiger partial charge in [0, 0.05) is 11.5 Å². The summed E-state index contributed by atoms with van der Waals surface area (Å²) in [5.41, 5.74) is -0.0839. The Kier molecular flexibility index (Phi) is 1.71. The van der Waals surface area contributed by atoms with Crippen molar-refractivity contribution in [1.82, 2.24) is 5.32 Å². The van der Waals surface area contributed by atoms with E-state index in [1.165, 1.54) is 0 Å². The third kappa shape index (κ3) is 1.02. The van der Waals surface area contributed by atoms with E-state index < -0.39 is 0 Å². The lowest BCUT2D eigenvalue weighted by atomic mass is 9.85. The number of nitrogens with one attached hydrogen (secondary N) is 1. The second-order valence-corrected chi connectivity index (χ2v) is 3.49. The summed E-state index contributed by atoms with van der Waals surface area (Å²) in [4.78, 5) is 11.2. The van der Waals surface area contributed by atoms with E-state index in [-0.39, 0.29) is 11.3 Å². The molecule has 0 aromatic rings. The summed E-state index contributed by atoms with van der Waals surface area (Å²) >= 11 is 0. The van der Waals surface area contributed by atoms with E-state index in [4.69, 9.17) is 0 Å². The Hall–Kier alpha value is -0.530. The molecule has 1 rings (SSSR count). The molecule has 2 nitrogen and oxygen atoms in total. The Morgan fingerprint density at radius 1 is 1.80 bits per heavy atom. The maximum absolute atomic E-state index is 11.2. The standard InChI is InChI=1S/C8H15NO/c1-4-8(3)5-6(2)9-7(8)10/h6H,4-5H2,1-3H3,(H,9,10). The molecule has 0 aliphatic carbocycles. The molecule has 2 atom stereocenters. The maximum Gasteiger partial charge on any atom is 0.226 e. The van der Waals surface area contributed by atoms with E-state index in [0.717, 1.165) is 12.8 Å². The average Bonchev–Trinajstić information content (AvgIpc) is 2.09. The van der Waals surface area contributed by atoms with Gasteiger partial charge in [-0.3, -0.25) is 4.79 Å². The topological polar surface area (TPSA) is 29.1 Å². The molecule has 1 fully saturated rings. The van der Waals surface area contributed by atoms with Crippen LogP contribution < -0.4 is 5.32 Å². The van der Waals surface area contributed by atoms with Crippen molar-refractivity contribution >= 4 is 5.91 Å². The molecule has 0 saturated carbocycles. The summed E-state index contributed by atoms with van der Waals surface area (Å²) in [5, 5.41) is 2.92. The Balaban J connectivity index is 2.70. The molecule has 1 heterocycles. The molecule has 1 aliphatic rings. The Bertz CT molecular complexity index is 155. The van der Waals surface area contributed by atoms with Gasteiger partial charge >= 0.3 is 0 Å². The van der Waals surface area contributed by atoms with Crippen LogP contribution in [0.2, 0.25) is 0 Å². The summed E-state index contributed by atoms with van der Waals surface area (Å²) in [6, 6.07) is 0.373. The lowest BCUT2D eigenvalue weighted by Crippen LogP contribution is -2.28. The van der Waals surface area contributed by atoms with Crippen LogP contribution in [0.5, 0.6) is 0 Å². The van der Waals surface area contributed by atoms with E-state index in [0.29, 0.717) is 6.04 Å². The molecule has 2 unspecified atom stereocenters. The number of hydrogen-bond donors (Lipinski definition) is 1. The van der Waals surface area contributed by atoms with Gasteiger partial charge in [-0.1, -0.05) is 13.8 Å². The molecule has 10 heavy (non-hydrogen) atoms. The fraction of sp³-hybridized carbons (Fsp3) is 0.875. The Morgan fingerprint density at radius 3 is 2.60 bits per heavy atom. The zero-order valence-electron chi connectivity index (χ0n) is 6.90. The van der Waals surface area contributed by atoms with Crippen LogP contribution in [0.3, 0.4) is 0 Å². The third-order valence-corrected chi connectivity index (χ3v) is 2.46. The molecule has 0 aromatic heterocycles. The van der Waals surface area contributed by atoms with Gasteiger partial charge < -0.3 is 5.32 Å². The molecule has 0 radical (unpaired) electrons. The molecule has 0 bridgehead atoms. The van der Waals surface area contributed by atoms with Crippen molar-refractivity contribution in [3.63, 3.8) is 0 Å². The van der Waals surface area contributed by atoms with Crippen molar-refractivity contribution in [1.29, 1.82) is 0 Å². The molecule has 0 spiro atoms. The largest absolute Gasteiger partial charge is 0.353 e. The minimum atomic E-state index is -0.0839. The third-order valence-electron chi connectivity index (χ3n) is 2.46. The summed E-state index contributed by atoms with van der Waals surface area (Å²) in [5.74, 6) is 0.225. The smallest absolute Gasteiger partial charge is 0.226 e. The first-order valence-corrected chi connectivity index (χ1v) is 3.89. The van der Waals surface area contributed by atoms with Crippen LogP contribution >= 0.6 is 0 Å². The first kappa shape index (κ1) is 7.58. The molecular formula is C8H15NO. The van der Waals surface area contributed by atoms with E-state index >= 15 is 0 Å². The van der Waals surface area contributed by atoms with Crippen molar-refractivity contribution in [2.24, 2.45) is 5.41 Å². The van der Waals surface area contributed by atoms with Crippen molar-refractivity contribution in [3.8, 4) is 0 Å². The molecule has 1 N–H and O–H groups in total. The number of hydrogen-bond acceptors (Lipinski definition) is 1. The fourth-order valence-corrected chi connectivity index (χ4v) is 1.52. The predicted octanol–water partition coefficient (Wildman–Crippen LogP) is 1.31. The highest BCUT2D eigenvalue weighted by molar-refractivity contribution is 5.84. The molecule has 1 saturated heterocycles. The first-order chi connectivity index (χ1) is 4.58. The Labute approximate surface area is 62.0 Å². The van der Waals surface area contributed by atoms with Crippen LogP contribution in [0.4, 0.5) is 0 Å². The fourth-order valence-electron chi connectivity index (χ4n) is 1.52. The molecular weight excluding hydrogens is 126 g/mol. The average molecular weight is 141 g/mol. The van der Waals surface area contributed by atoms with Crippen LogP contribution in [0.1, 0.15) is 33.6 Å². The van der Waals surface area contributed by atoms with Crippen molar-refractivity contribution in [3.05, 3.63) is 0 Å². The summed E-state index contributed by atoms with van der Waals surface area (Å²) in [6.45, 7) is 6.16. The molecule has 58 valence electrons. The van der Waals surface area contributed by atoms with Gasteiger partial charge in [0.15, 0.2) is 0 Å². The monoisotopic (exact) mass is 141 g/mol. The second kappa shape index (κ2) is 2.26. The van der Waals surface area contributed by atoms with Crippen LogP contribution in [-0.2, 0) is 4.79 Å².